The minimum Gasteiger partial charge on any atom is -0.378 e. The Morgan fingerprint density at radius 3 is 3.22 bits per heavy atom. The predicted octanol–water partition coefficient (Wildman–Crippen LogP) is 2.02. The Kier molecular flexibility index (Phi) is 2.91. The van der Waals surface area contributed by atoms with Crippen LogP contribution in [0.4, 0.5) is 5.95 Å². The molecule has 1 aliphatic rings. The Hall–Kier alpha value is -1.62. The van der Waals surface area contributed by atoms with Gasteiger partial charge in [-0.15, -0.1) is 5.10 Å². The fourth-order valence-electron chi connectivity index (χ4n) is 2.36. The highest BCUT2D eigenvalue weighted by Crippen LogP contribution is 2.17. The summed E-state index contributed by atoms with van der Waals surface area (Å²) in [6.45, 7) is 4.97. The van der Waals surface area contributed by atoms with E-state index in [1.54, 1.807) is 4.52 Å². The van der Waals surface area contributed by atoms with Gasteiger partial charge in [-0.2, -0.15) is 4.98 Å². The van der Waals surface area contributed by atoms with Gasteiger partial charge in [0.25, 0.3) is 0 Å². The first-order valence-corrected chi connectivity index (χ1v) is 6.42. The number of aromatic nitrogens is 3. The second-order valence-corrected chi connectivity index (χ2v) is 4.99. The Morgan fingerprint density at radius 2 is 2.39 bits per heavy atom. The van der Waals surface area contributed by atoms with Gasteiger partial charge in [0.15, 0.2) is 5.65 Å². The fourth-order valence-corrected chi connectivity index (χ4v) is 2.36. The van der Waals surface area contributed by atoms with Crippen molar-refractivity contribution in [1.82, 2.24) is 14.6 Å². The van der Waals surface area contributed by atoms with Crippen molar-refractivity contribution in [2.24, 2.45) is 0 Å². The first-order chi connectivity index (χ1) is 8.70. The number of anilines is 1. The second-order valence-electron chi connectivity index (χ2n) is 4.99. The van der Waals surface area contributed by atoms with Gasteiger partial charge in [0.1, 0.15) is 0 Å². The first kappa shape index (κ1) is 11.5. The van der Waals surface area contributed by atoms with E-state index in [9.17, 15) is 0 Å². The van der Waals surface area contributed by atoms with Crippen LogP contribution in [0.5, 0.6) is 0 Å². The van der Waals surface area contributed by atoms with Gasteiger partial charge < -0.3 is 10.1 Å². The molecule has 1 fully saturated rings. The zero-order valence-corrected chi connectivity index (χ0v) is 10.8. The summed E-state index contributed by atoms with van der Waals surface area (Å²) < 4.78 is 7.34. The Bertz CT molecular complexity index is 551. The lowest BCUT2D eigenvalue weighted by molar-refractivity contribution is 0.0231. The molecule has 0 saturated carbocycles. The molecule has 3 rings (SSSR count). The standard InChI is InChI=1S/C13H18N4O/c1-9-3-5-17-12(7-9)15-13(16-17)14-11-4-6-18-10(2)8-11/h3,5,7,10-11H,4,6,8H2,1-2H3,(H,14,16). The zero-order valence-electron chi connectivity index (χ0n) is 10.8. The van der Waals surface area contributed by atoms with E-state index in [-0.39, 0.29) is 0 Å². The van der Waals surface area contributed by atoms with Crippen molar-refractivity contribution in [2.75, 3.05) is 11.9 Å². The molecule has 0 spiro atoms. The van der Waals surface area contributed by atoms with E-state index >= 15 is 0 Å². The lowest BCUT2D eigenvalue weighted by Gasteiger charge is -2.27. The van der Waals surface area contributed by atoms with Gasteiger partial charge in [-0.1, -0.05) is 0 Å². The molecule has 3 heterocycles. The van der Waals surface area contributed by atoms with Crippen LogP contribution in [0.15, 0.2) is 18.3 Å². The number of aryl methyl sites for hydroxylation is 1. The molecular formula is C13H18N4O. The van der Waals surface area contributed by atoms with E-state index in [2.05, 4.69) is 29.2 Å². The summed E-state index contributed by atoms with van der Waals surface area (Å²) in [5.74, 6) is 0.708. The van der Waals surface area contributed by atoms with Crippen LogP contribution in [0.25, 0.3) is 5.65 Å². The van der Waals surface area contributed by atoms with Crippen LogP contribution in [0.3, 0.4) is 0 Å². The average Bonchev–Trinajstić information content (AvgIpc) is 2.70. The van der Waals surface area contributed by atoms with Crippen LogP contribution < -0.4 is 5.32 Å². The number of pyridine rings is 1. The predicted molar refractivity (Wildman–Crippen MR) is 69.8 cm³/mol. The molecule has 18 heavy (non-hydrogen) atoms. The van der Waals surface area contributed by atoms with Crippen LogP contribution in [-0.4, -0.2) is 33.4 Å². The summed E-state index contributed by atoms with van der Waals surface area (Å²) in [5.41, 5.74) is 2.08. The minimum absolute atomic E-state index is 0.315. The lowest BCUT2D eigenvalue weighted by Crippen LogP contribution is -2.32. The third-order valence-corrected chi connectivity index (χ3v) is 3.31. The Morgan fingerprint density at radius 1 is 1.50 bits per heavy atom. The highest BCUT2D eigenvalue weighted by Gasteiger charge is 2.20. The molecule has 0 aromatic carbocycles. The van der Waals surface area contributed by atoms with Gasteiger partial charge in [0, 0.05) is 18.8 Å². The van der Waals surface area contributed by atoms with E-state index in [0.717, 1.165) is 25.1 Å². The van der Waals surface area contributed by atoms with E-state index in [4.69, 9.17) is 4.74 Å². The van der Waals surface area contributed by atoms with Gasteiger partial charge in [0.2, 0.25) is 5.95 Å². The van der Waals surface area contributed by atoms with E-state index in [1.165, 1.54) is 5.56 Å². The summed E-state index contributed by atoms with van der Waals surface area (Å²) in [5, 5.41) is 7.82. The lowest BCUT2D eigenvalue weighted by atomic mass is 10.0. The summed E-state index contributed by atoms with van der Waals surface area (Å²) in [6, 6.07) is 4.47. The van der Waals surface area contributed by atoms with Gasteiger partial charge in [0.05, 0.1) is 6.10 Å². The van der Waals surface area contributed by atoms with Crippen LogP contribution in [-0.2, 0) is 4.74 Å². The molecule has 2 aromatic rings. The minimum atomic E-state index is 0.315. The molecule has 96 valence electrons. The molecule has 0 aliphatic carbocycles. The zero-order chi connectivity index (χ0) is 12.5. The molecular weight excluding hydrogens is 228 g/mol. The van der Waals surface area contributed by atoms with Crippen molar-refractivity contribution in [1.29, 1.82) is 0 Å². The van der Waals surface area contributed by atoms with Crippen LogP contribution in [0.2, 0.25) is 0 Å². The van der Waals surface area contributed by atoms with Crippen molar-refractivity contribution in [3.8, 4) is 0 Å². The number of hydrogen-bond donors (Lipinski definition) is 1. The van der Waals surface area contributed by atoms with E-state index in [0.29, 0.717) is 18.1 Å². The number of hydrogen-bond acceptors (Lipinski definition) is 4. The van der Waals surface area contributed by atoms with Crippen molar-refractivity contribution in [2.45, 2.75) is 38.8 Å². The maximum absolute atomic E-state index is 5.53. The highest BCUT2D eigenvalue weighted by molar-refractivity contribution is 5.45. The maximum atomic E-state index is 5.53. The molecule has 1 N–H and O–H groups in total. The van der Waals surface area contributed by atoms with Gasteiger partial charge in [-0.3, -0.25) is 0 Å². The third-order valence-electron chi connectivity index (χ3n) is 3.31. The smallest absolute Gasteiger partial charge is 0.243 e. The van der Waals surface area contributed by atoms with Crippen molar-refractivity contribution in [3.63, 3.8) is 0 Å². The topological polar surface area (TPSA) is 51.5 Å². The first-order valence-electron chi connectivity index (χ1n) is 6.42. The molecule has 1 aliphatic heterocycles. The number of ether oxygens (including phenoxy) is 1. The molecule has 2 atom stereocenters. The van der Waals surface area contributed by atoms with Crippen molar-refractivity contribution in [3.05, 3.63) is 23.9 Å². The van der Waals surface area contributed by atoms with Crippen LogP contribution in [0.1, 0.15) is 25.3 Å². The van der Waals surface area contributed by atoms with Crippen LogP contribution in [0, 0.1) is 6.92 Å². The molecule has 0 radical (unpaired) electrons. The Labute approximate surface area is 106 Å². The van der Waals surface area contributed by atoms with Gasteiger partial charge in [-0.25, -0.2) is 4.52 Å². The summed E-state index contributed by atoms with van der Waals surface area (Å²) >= 11 is 0. The van der Waals surface area contributed by atoms with Crippen molar-refractivity contribution >= 4 is 11.6 Å². The molecule has 0 bridgehead atoms. The molecule has 5 nitrogen and oxygen atoms in total. The van der Waals surface area contributed by atoms with Gasteiger partial charge >= 0.3 is 0 Å². The Balaban J connectivity index is 1.78. The quantitative estimate of drug-likeness (QED) is 0.880. The molecule has 5 heteroatoms. The molecule has 0 amide bonds. The maximum Gasteiger partial charge on any atom is 0.243 e. The average molecular weight is 246 g/mol. The highest BCUT2D eigenvalue weighted by atomic mass is 16.5. The normalized spacial score (nSPS) is 24.3. The summed E-state index contributed by atoms with van der Waals surface area (Å²) in [6.07, 6.45) is 4.28. The summed E-state index contributed by atoms with van der Waals surface area (Å²) in [4.78, 5) is 4.49. The number of nitrogens with one attached hydrogen (secondary N) is 1. The molecule has 2 aromatic heterocycles. The largest absolute Gasteiger partial charge is 0.378 e. The van der Waals surface area contributed by atoms with Gasteiger partial charge in [-0.05, 0) is 44.4 Å². The number of nitrogens with zero attached hydrogens (tertiary/aromatic N) is 3. The monoisotopic (exact) mass is 246 g/mol. The number of rotatable bonds is 2. The second kappa shape index (κ2) is 4.57. The SMILES string of the molecule is Cc1ccn2nc(NC3CCOC(C)C3)nc2c1. The van der Waals surface area contributed by atoms with Crippen LogP contribution >= 0.6 is 0 Å². The van der Waals surface area contributed by atoms with E-state index in [1.807, 2.05) is 18.3 Å². The number of fused-ring (bicyclic) bond motifs is 1. The fraction of sp³-hybridized carbons (Fsp3) is 0.538. The summed E-state index contributed by atoms with van der Waals surface area (Å²) in [7, 11) is 0. The van der Waals surface area contributed by atoms with Crippen molar-refractivity contribution < 1.29 is 4.74 Å². The third kappa shape index (κ3) is 2.31. The van der Waals surface area contributed by atoms with E-state index < -0.39 is 0 Å². The molecule has 2 unspecified atom stereocenters. The molecule has 1 saturated heterocycles.